The van der Waals surface area contributed by atoms with Gasteiger partial charge in [0.1, 0.15) is 0 Å². The molecule has 2 unspecified atom stereocenters. The van der Waals surface area contributed by atoms with Crippen molar-refractivity contribution in [1.29, 1.82) is 0 Å². The van der Waals surface area contributed by atoms with Gasteiger partial charge in [0.2, 0.25) is 0 Å². The van der Waals surface area contributed by atoms with E-state index in [0.29, 0.717) is 0 Å². The summed E-state index contributed by atoms with van der Waals surface area (Å²) in [6.45, 7) is -0.930. The van der Waals surface area contributed by atoms with Gasteiger partial charge in [-0.1, -0.05) is 0 Å². The first-order valence-electron chi connectivity index (χ1n) is 3.52. The molecule has 0 aliphatic carbocycles. The van der Waals surface area contributed by atoms with Gasteiger partial charge in [-0.25, -0.2) is 0 Å². The van der Waals surface area contributed by atoms with E-state index in [4.69, 9.17) is 10.2 Å². The van der Waals surface area contributed by atoms with Crippen molar-refractivity contribution in [1.82, 2.24) is 5.32 Å². The smallest absolute Gasteiger partial charge is 0.395 e. The quantitative estimate of drug-likeness (QED) is 0.587. The summed E-state index contributed by atoms with van der Waals surface area (Å²) in [5, 5.41) is 19.9. The van der Waals surface area contributed by atoms with E-state index in [2.05, 4.69) is 5.32 Å². The molecule has 0 saturated carbocycles. The van der Waals surface area contributed by atoms with Crippen LogP contribution in [0.2, 0.25) is 0 Å². The Bertz CT molecular complexity index is 178. The SMILES string of the molecule is Cl.OCC1CC(O)(C(F)(F)F)CN1. The van der Waals surface area contributed by atoms with Crippen LogP contribution >= 0.6 is 12.4 Å². The molecule has 1 saturated heterocycles. The molecule has 0 aromatic rings. The molecule has 1 aliphatic rings. The van der Waals surface area contributed by atoms with Crippen molar-refractivity contribution >= 4 is 12.4 Å². The van der Waals surface area contributed by atoms with Gasteiger partial charge >= 0.3 is 6.18 Å². The molecule has 0 aromatic heterocycles. The van der Waals surface area contributed by atoms with Gasteiger partial charge in [0, 0.05) is 19.0 Å². The number of hydrogen-bond donors (Lipinski definition) is 3. The Morgan fingerprint density at radius 2 is 2.00 bits per heavy atom. The lowest BCUT2D eigenvalue weighted by Crippen LogP contribution is -2.46. The number of halogens is 4. The van der Waals surface area contributed by atoms with Gasteiger partial charge < -0.3 is 15.5 Å². The van der Waals surface area contributed by atoms with Crippen molar-refractivity contribution in [2.45, 2.75) is 24.2 Å². The summed E-state index contributed by atoms with van der Waals surface area (Å²) in [5.41, 5.74) is -2.67. The topological polar surface area (TPSA) is 52.5 Å². The van der Waals surface area contributed by atoms with E-state index in [1.807, 2.05) is 0 Å². The first-order chi connectivity index (χ1) is 5.39. The summed E-state index contributed by atoms with van der Waals surface area (Å²) in [7, 11) is 0. The summed E-state index contributed by atoms with van der Waals surface area (Å²) in [4.78, 5) is 0. The molecule has 2 atom stereocenters. The highest BCUT2D eigenvalue weighted by molar-refractivity contribution is 5.85. The highest BCUT2D eigenvalue weighted by atomic mass is 35.5. The van der Waals surface area contributed by atoms with Gasteiger partial charge in [-0.15, -0.1) is 12.4 Å². The van der Waals surface area contributed by atoms with Crippen LogP contribution in [0.3, 0.4) is 0 Å². The molecule has 0 amide bonds. The molecule has 7 heteroatoms. The van der Waals surface area contributed by atoms with Crippen LogP contribution in [0.15, 0.2) is 0 Å². The van der Waals surface area contributed by atoms with Gasteiger partial charge in [-0.3, -0.25) is 0 Å². The number of rotatable bonds is 1. The van der Waals surface area contributed by atoms with Crippen LogP contribution in [0, 0.1) is 0 Å². The third-order valence-electron chi connectivity index (χ3n) is 2.02. The van der Waals surface area contributed by atoms with Crippen molar-refractivity contribution < 1.29 is 23.4 Å². The Balaban J connectivity index is 0.00000144. The van der Waals surface area contributed by atoms with Gasteiger partial charge in [0.15, 0.2) is 5.60 Å². The molecular formula is C6H11ClF3NO2. The molecular weight excluding hydrogens is 211 g/mol. The molecule has 13 heavy (non-hydrogen) atoms. The van der Waals surface area contributed by atoms with E-state index in [1.165, 1.54) is 0 Å². The standard InChI is InChI=1S/C6H10F3NO2.ClH/c7-6(8,9)5(12)1-4(2-11)10-3-5;/h4,10-12H,1-3H2;1H. The predicted octanol–water partition coefficient (Wildman–Crippen LogP) is 0.0558. The maximum Gasteiger partial charge on any atom is 0.418 e. The zero-order valence-electron chi connectivity index (χ0n) is 6.64. The average Bonchev–Trinajstić information content (AvgIpc) is 2.31. The second-order valence-corrected chi connectivity index (χ2v) is 2.99. The molecule has 80 valence electrons. The third-order valence-corrected chi connectivity index (χ3v) is 2.02. The highest BCUT2D eigenvalue weighted by Crippen LogP contribution is 2.36. The summed E-state index contributed by atoms with van der Waals surface area (Å²) in [5.74, 6) is 0. The molecule has 0 radical (unpaired) electrons. The van der Waals surface area contributed by atoms with Gasteiger partial charge in [-0.2, -0.15) is 13.2 Å². The van der Waals surface area contributed by atoms with Crippen molar-refractivity contribution in [3.63, 3.8) is 0 Å². The fraction of sp³-hybridized carbons (Fsp3) is 1.00. The molecule has 1 fully saturated rings. The van der Waals surface area contributed by atoms with Crippen LogP contribution in [-0.4, -0.2) is 41.2 Å². The molecule has 1 aliphatic heterocycles. The predicted molar refractivity (Wildman–Crippen MR) is 41.7 cm³/mol. The minimum absolute atomic E-state index is 0. The van der Waals surface area contributed by atoms with Crippen molar-refractivity contribution in [3.8, 4) is 0 Å². The maximum absolute atomic E-state index is 12.1. The maximum atomic E-state index is 12.1. The molecule has 1 rings (SSSR count). The van der Waals surface area contributed by atoms with Crippen LogP contribution in [0.1, 0.15) is 6.42 Å². The highest BCUT2D eigenvalue weighted by Gasteiger charge is 2.57. The largest absolute Gasteiger partial charge is 0.418 e. The number of hydrogen-bond acceptors (Lipinski definition) is 3. The second-order valence-electron chi connectivity index (χ2n) is 2.99. The first kappa shape index (κ1) is 13.0. The van der Waals surface area contributed by atoms with Crippen LogP contribution in [0.25, 0.3) is 0 Å². The lowest BCUT2D eigenvalue weighted by atomic mass is 10.0. The molecule has 3 nitrogen and oxygen atoms in total. The van der Waals surface area contributed by atoms with Gasteiger partial charge in [0.05, 0.1) is 6.61 Å². The van der Waals surface area contributed by atoms with Crippen LogP contribution in [0.5, 0.6) is 0 Å². The molecule has 3 N–H and O–H groups in total. The molecule has 1 heterocycles. The third kappa shape index (κ3) is 2.46. The van der Waals surface area contributed by atoms with Gasteiger partial charge in [-0.05, 0) is 0 Å². The van der Waals surface area contributed by atoms with Crippen molar-refractivity contribution in [2.24, 2.45) is 0 Å². The zero-order valence-corrected chi connectivity index (χ0v) is 7.45. The van der Waals surface area contributed by atoms with E-state index in [-0.39, 0.29) is 12.4 Å². The minimum Gasteiger partial charge on any atom is -0.395 e. The normalized spacial score (nSPS) is 34.4. The van der Waals surface area contributed by atoms with Crippen molar-refractivity contribution in [3.05, 3.63) is 0 Å². The van der Waals surface area contributed by atoms with Crippen LogP contribution in [0.4, 0.5) is 13.2 Å². The molecule has 0 bridgehead atoms. The number of β-amino-alcohol motifs (C(OH)–C–C–N with tert-alkyl or cyclic N) is 1. The Labute approximate surface area is 79.3 Å². The lowest BCUT2D eigenvalue weighted by molar-refractivity contribution is -0.252. The fourth-order valence-corrected chi connectivity index (χ4v) is 1.21. The Hall–Kier alpha value is -0.0400. The monoisotopic (exact) mass is 221 g/mol. The Morgan fingerprint density at radius 3 is 2.23 bits per heavy atom. The lowest BCUT2D eigenvalue weighted by Gasteiger charge is -2.24. The summed E-state index contributed by atoms with van der Waals surface area (Å²) >= 11 is 0. The summed E-state index contributed by atoms with van der Waals surface area (Å²) < 4.78 is 36.2. The molecule has 0 aromatic carbocycles. The number of nitrogens with one attached hydrogen (secondary N) is 1. The second kappa shape index (κ2) is 4.00. The van der Waals surface area contributed by atoms with E-state index >= 15 is 0 Å². The molecule has 0 spiro atoms. The minimum atomic E-state index is -4.62. The van der Waals surface area contributed by atoms with Crippen molar-refractivity contribution in [2.75, 3.05) is 13.2 Å². The van der Waals surface area contributed by atoms with E-state index < -0.39 is 37.4 Å². The summed E-state index contributed by atoms with van der Waals surface area (Å²) in [6, 6.07) is -0.656. The Kier molecular flexibility index (Phi) is 3.98. The first-order valence-corrected chi connectivity index (χ1v) is 3.52. The average molecular weight is 222 g/mol. The van der Waals surface area contributed by atoms with E-state index in [0.717, 1.165) is 0 Å². The van der Waals surface area contributed by atoms with Crippen LogP contribution in [-0.2, 0) is 0 Å². The van der Waals surface area contributed by atoms with E-state index in [9.17, 15) is 13.2 Å². The summed E-state index contributed by atoms with van der Waals surface area (Å²) in [6.07, 6.45) is -5.10. The zero-order chi connectivity index (χ0) is 9.41. The Morgan fingerprint density at radius 1 is 1.46 bits per heavy atom. The van der Waals surface area contributed by atoms with Crippen LogP contribution < -0.4 is 5.32 Å². The number of alkyl halides is 3. The fourth-order valence-electron chi connectivity index (χ4n) is 1.21. The van der Waals surface area contributed by atoms with Gasteiger partial charge in [0.25, 0.3) is 0 Å². The van der Waals surface area contributed by atoms with E-state index in [1.54, 1.807) is 0 Å². The number of aliphatic hydroxyl groups excluding tert-OH is 1. The number of aliphatic hydroxyl groups is 2.